The molecule has 1 aliphatic heterocycles. The Hall–Kier alpha value is -3.72. The summed E-state index contributed by atoms with van der Waals surface area (Å²) in [5.41, 5.74) is 1.34. The van der Waals surface area contributed by atoms with Crippen molar-refractivity contribution in [3.05, 3.63) is 60.3 Å². The quantitative estimate of drug-likeness (QED) is 0.477. The number of aromatic nitrogens is 2. The molecule has 0 bridgehead atoms. The lowest BCUT2D eigenvalue weighted by atomic mass is 10.2. The van der Waals surface area contributed by atoms with Crippen LogP contribution >= 0.6 is 0 Å². The molecule has 1 aliphatic rings. The molecule has 2 heterocycles. The molecular formula is C20H18N4O5. The first-order chi connectivity index (χ1) is 14.1. The van der Waals surface area contributed by atoms with E-state index in [0.29, 0.717) is 17.1 Å². The topological polar surface area (TPSA) is 112 Å². The van der Waals surface area contributed by atoms with Crippen LogP contribution in [-0.4, -0.2) is 30.2 Å². The Morgan fingerprint density at radius 1 is 1.21 bits per heavy atom. The van der Waals surface area contributed by atoms with Crippen LogP contribution in [-0.2, 0) is 16.1 Å². The van der Waals surface area contributed by atoms with Gasteiger partial charge in [-0.3, -0.25) is 14.9 Å². The van der Waals surface area contributed by atoms with Crippen LogP contribution in [0.15, 0.2) is 59.1 Å². The van der Waals surface area contributed by atoms with Crippen LogP contribution in [0.5, 0.6) is 11.7 Å². The lowest BCUT2D eigenvalue weighted by Crippen LogP contribution is -2.43. The van der Waals surface area contributed by atoms with Gasteiger partial charge in [0.1, 0.15) is 5.75 Å². The lowest BCUT2D eigenvalue weighted by molar-refractivity contribution is -0.677. The van der Waals surface area contributed by atoms with E-state index in [0.717, 1.165) is 4.90 Å². The van der Waals surface area contributed by atoms with E-state index in [-0.39, 0.29) is 30.5 Å². The normalized spacial score (nSPS) is 16.4. The summed E-state index contributed by atoms with van der Waals surface area (Å²) in [5.74, 6) is -0.614. The molecule has 9 heteroatoms. The first-order valence-electron chi connectivity index (χ1n) is 8.96. The Kier molecular flexibility index (Phi) is 4.96. The fraction of sp³-hybridized carbons (Fsp3) is 0.200. The largest absolute Gasteiger partial charge is 0.539 e. The van der Waals surface area contributed by atoms with E-state index in [1.54, 1.807) is 55.6 Å². The van der Waals surface area contributed by atoms with Gasteiger partial charge in [0.25, 0.3) is 11.6 Å². The number of para-hydroxylation sites is 1. The number of hydrogen-bond acceptors (Lipinski definition) is 7. The van der Waals surface area contributed by atoms with Crippen molar-refractivity contribution in [3.63, 3.8) is 0 Å². The zero-order chi connectivity index (χ0) is 20.4. The number of anilines is 1. The average molecular weight is 394 g/mol. The second-order valence-electron chi connectivity index (χ2n) is 6.46. The SMILES string of the molecule is COc1ccc(-[n+]2noc([O-])c2CNC2CC(=O)N(c3ccccc3)C2=O)cc1. The predicted octanol–water partition coefficient (Wildman–Crippen LogP) is 0.455. The molecule has 0 saturated carbocycles. The molecule has 0 spiro atoms. The summed E-state index contributed by atoms with van der Waals surface area (Å²) in [6, 6.07) is 14.9. The van der Waals surface area contributed by atoms with Gasteiger partial charge in [0.05, 0.1) is 37.1 Å². The molecule has 9 nitrogen and oxygen atoms in total. The third kappa shape index (κ3) is 3.55. The van der Waals surface area contributed by atoms with Crippen LogP contribution in [0, 0.1) is 0 Å². The van der Waals surface area contributed by atoms with Crippen LogP contribution in [0.3, 0.4) is 0 Å². The number of nitrogens with zero attached hydrogens (tertiary/aromatic N) is 3. The summed E-state index contributed by atoms with van der Waals surface area (Å²) < 4.78 is 11.3. The minimum absolute atomic E-state index is 0.00966. The summed E-state index contributed by atoms with van der Waals surface area (Å²) in [6.07, 6.45) is 0.00966. The van der Waals surface area contributed by atoms with E-state index >= 15 is 0 Å². The smallest absolute Gasteiger partial charge is 0.253 e. The van der Waals surface area contributed by atoms with Crippen molar-refractivity contribution in [2.45, 2.75) is 19.0 Å². The number of hydrogen-bond donors (Lipinski definition) is 1. The van der Waals surface area contributed by atoms with Crippen LogP contribution < -0.4 is 24.7 Å². The van der Waals surface area contributed by atoms with Gasteiger partial charge in [-0.1, -0.05) is 18.2 Å². The van der Waals surface area contributed by atoms with Gasteiger partial charge < -0.3 is 14.4 Å². The first kappa shape index (κ1) is 18.6. The van der Waals surface area contributed by atoms with E-state index in [9.17, 15) is 14.7 Å². The van der Waals surface area contributed by atoms with E-state index in [4.69, 9.17) is 9.26 Å². The van der Waals surface area contributed by atoms with Crippen LogP contribution in [0.2, 0.25) is 0 Å². The number of carbonyl (C=O) groups excluding carboxylic acids is 2. The average Bonchev–Trinajstić information content (AvgIpc) is 3.25. The fourth-order valence-electron chi connectivity index (χ4n) is 3.20. The molecule has 1 aromatic heterocycles. The zero-order valence-corrected chi connectivity index (χ0v) is 15.6. The third-order valence-electron chi connectivity index (χ3n) is 4.69. The van der Waals surface area contributed by atoms with Gasteiger partial charge in [0.2, 0.25) is 11.6 Å². The van der Waals surface area contributed by atoms with Gasteiger partial charge in [-0.2, -0.15) is 0 Å². The molecule has 1 N–H and O–H groups in total. The van der Waals surface area contributed by atoms with Crippen molar-refractivity contribution in [3.8, 4) is 17.4 Å². The molecule has 3 aromatic rings. The second-order valence-corrected chi connectivity index (χ2v) is 6.46. The van der Waals surface area contributed by atoms with E-state index in [1.807, 2.05) is 6.07 Å². The molecule has 2 aromatic carbocycles. The van der Waals surface area contributed by atoms with Crippen LogP contribution in [0.25, 0.3) is 5.69 Å². The molecule has 0 aliphatic carbocycles. The Bertz CT molecular complexity index is 1030. The Labute approximate surface area is 166 Å². The Morgan fingerprint density at radius 3 is 2.62 bits per heavy atom. The molecule has 0 radical (unpaired) electrons. The fourth-order valence-corrected chi connectivity index (χ4v) is 3.20. The van der Waals surface area contributed by atoms with Crippen molar-refractivity contribution >= 4 is 17.5 Å². The molecule has 1 saturated heterocycles. The predicted molar refractivity (Wildman–Crippen MR) is 98.2 cm³/mol. The number of ether oxygens (including phenoxy) is 1. The van der Waals surface area contributed by atoms with Gasteiger partial charge in [0, 0.05) is 12.1 Å². The monoisotopic (exact) mass is 394 g/mol. The molecule has 1 atom stereocenters. The summed E-state index contributed by atoms with van der Waals surface area (Å²) in [7, 11) is 1.56. The van der Waals surface area contributed by atoms with Crippen molar-refractivity contribution in [2.75, 3.05) is 12.0 Å². The Balaban J connectivity index is 1.50. The number of rotatable bonds is 6. The minimum Gasteiger partial charge on any atom is -0.539 e. The van der Waals surface area contributed by atoms with Crippen LogP contribution in [0.4, 0.5) is 5.69 Å². The minimum atomic E-state index is -0.735. The first-order valence-corrected chi connectivity index (χ1v) is 8.96. The van der Waals surface area contributed by atoms with Gasteiger partial charge in [0.15, 0.2) is 5.95 Å². The maximum atomic E-state index is 12.7. The second kappa shape index (κ2) is 7.72. The number of nitrogens with one attached hydrogen (secondary N) is 1. The molecule has 2 amide bonds. The highest BCUT2D eigenvalue weighted by Crippen LogP contribution is 2.23. The summed E-state index contributed by atoms with van der Waals surface area (Å²) in [5, 5.41) is 18.8. The summed E-state index contributed by atoms with van der Waals surface area (Å²) in [6.45, 7) is 0.0146. The van der Waals surface area contributed by atoms with E-state index < -0.39 is 12.0 Å². The lowest BCUT2D eigenvalue weighted by Gasteiger charge is -2.15. The van der Waals surface area contributed by atoms with Crippen LogP contribution in [0.1, 0.15) is 12.1 Å². The van der Waals surface area contributed by atoms with Crippen molar-refractivity contribution in [1.29, 1.82) is 0 Å². The summed E-state index contributed by atoms with van der Waals surface area (Å²) in [4.78, 5) is 26.2. The Morgan fingerprint density at radius 2 is 1.93 bits per heavy atom. The number of amides is 2. The highest BCUT2D eigenvalue weighted by Gasteiger charge is 2.39. The van der Waals surface area contributed by atoms with Crippen molar-refractivity contribution < 1.29 is 28.6 Å². The van der Waals surface area contributed by atoms with E-state index in [1.165, 1.54) is 4.68 Å². The molecule has 1 unspecified atom stereocenters. The molecular weight excluding hydrogens is 376 g/mol. The number of benzene rings is 2. The third-order valence-corrected chi connectivity index (χ3v) is 4.69. The van der Waals surface area contributed by atoms with Gasteiger partial charge in [-0.15, -0.1) is 0 Å². The summed E-state index contributed by atoms with van der Waals surface area (Å²) >= 11 is 0. The highest BCUT2D eigenvalue weighted by molar-refractivity contribution is 6.22. The highest BCUT2D eigenvalue weighted by atomic mass is 16.6. The number of imide groups is 1. The maximum absolute atomic E-state index is 12.7. The standard InChI is InChI=1S/C20H18N4O5/c1-28-15-9-7-14(8-10-15)24-17(20(27)29-22-24)12-21-16-11-18(25)23(19(16)26)13-5-3-2-4-6-13/h2-10,16,21H,11-12H2,1H3. The molecule has 148 valence electrons. The number of methoxy groups -OCH3 is 1. The molecule has 1 fully saturated rings. The van der Waals surface area contributed by atoms with Crippen molar-refractivity contribution in [1.82, 2.24) is 10.6 Å². The maximum Gasteiger partial charge on any atom is 0.253 e. The van der Waals surface area contributed by atoms with Gasteiger partial charge in [-0.05, 0) is 28.9 Å². The number of carbonyl (C=O) groups is 2. The van der Waals surface area contributed by atoms with Gasteiger partial charge in [-0.25, -0.2) is 4.90 Å². The van der Waals surface area contributed by atoms with Gasteiger partial charge >= 0.3 is 0 Å². The molecule has 4 rings (SSSR count). The zero-order valence-electron chi connectivity index (χ0n) is 15.6. The van der Waals surface area contributed by atoms with Crippen molar-refractivity contribution in [2.24, 2.45) is 0 Å². The molecule has 29 heavy (non-hydrogen) atoms. The van der Waals surface area contributed by atoms with E-state index in [2.05, 4.69) is 10.6 Å².